The van der Waals surface area contributed by atoms with Crippen LogP contribution >= 0.6 is 0 Å². The summed E-state index contributed by atoms with van der Waals surface area (Å²) >= 11 is 0. The van der Waals surface area contributed by atoms with Crippen molar-refractivity contribution in [2.24, 2.45) is 0 Å². The van der Waals surface area contributed by atoms with Gasteiger partial charge in [-0.2, -0.15) is 10.4 Å². The fourth-order valence-corrected chi connectivity index (χ4v) is 3.24. The van der Waals surface area contributed by atoms with Crippen molar-refractivity contribution in [2.45, 2.75) is 19.3 Å². The Kier molecular flexibility index (Phi) is 3.95. The third kappa shape index (κ3) is 2.76. The van der Waals surface area contributed by atoms with Gasteiger partial charge in [-0.15, -0.1) is 0 Å². The van der Waals surface area contributed by atoms with Gasteiger partial charge in [0.05, 0.1) is 17.3 Å². The minimum absolute atomic E-state index is 0.265. The second-order valence-electron chi connectivity index (χ2n) is 6.11. The Labute approximate surface area is 145 Å². The molecule has 0 atom stereocenters. The maximum Gasteiger partial charge on any atom is 0.133 e. The van der Waals surface area contributed by atoms with E-state index >= 15 is 0 Å². The van der Waals surface area contributed by atoms with E-state index in [0.29, 0.717) is 16.8 Å². The predicted octanol–water partition coefficient (Wildman–Crippen LogP) is 4.30. The highest BCUT2D eigenvalue weighted by atomic mass is 19.1. The zero-order valence-electron chi connectivity index (χ0n) is 13.7. The summed E-state index contributed by atoms with van der Waals surface area (Å²) in [4.78, 5) is 0. The van der Waals surface area contributed by atoms with Gasteiger partial charge in [0.2, 0.25) is 0 Å². The Morgan fingerprint density at radius 3 is 2.64 bits per heavy atom. The number of fused-ring (bicyclic) bond motifs is 1. The quantitative estimate of drug-likeness (QED) is 0.761. The molecule has 3 aromatic rings. The van der Waals surface area contributed by atoms with Gasteiger partial charge in [-0.3, -0.25) is 0 Å². The minimum atomic E-state index is -0.265. The number of halogens is 1. The van der Waals surface area contributed by atoms with Crippen molar-refractivity contribution < 1.29 is 4.39 Å². The van der Waals surface area contributed by atoms with Crippen LogP contribution in [0, 0.1) is 17.1 Å². The molecule has 1 N–H and O–H groups in total. The molecule has 1 aromatic heterocycles. The number of aromatic nitrogens is 2. The molecule has 0 unspecified atom stereocenters. The van der Waals surface area contributed by atoms with Gasteiger partial charge in [0.1, 0.15) is 17.3 Å². The summed E-state index contributed by atoms with van der Waals surface area (Å²) in [5, 5.41) is 17.2. The lowest BCUT2D eigenvalue weighted by Gasteiger charge is -2.09. The van der Waals surface area contributed by atoms with E-state index in [1.807, 2.05) is 22.9 Å². The zero-order valence-corrected chi connectivity index (χ0v) is 13.7. The van der Waals surface area contributed by atoms with Gasteiger partial charge in [0.25, 0.3) is 0 Å². The maximum atomic E-state index is 14.4. The van der Waals surface area contributed by atoms with E-state index in [2.05, 4.69) is 11.4 Å². The Morgan fingerprint density at radius 1 is 1.08 bits per heavy atom. The van der Waals surface area contributed by atoms with Crippen LogP contribution in [0.5, 0.6) is 0 Å². The number of benzene rings is 2. The molecule has 2 aromatic carbocycles. The van der Waals surface area contributed by atoms with Gasteiger partial charge >= 0.3 is 0 Å². The van der Waals surface area contributed by atoms with E-state index in [9.17, 15) is 4.39 Å². The van der Waals surface area contributed by atoms with Crippen molar-refractivity contribution >= 4 is 5.82 Å². The first kappa shape index (κ1) is 15.4. The molecule has 1 aliphatic heterocycles. The number of nitrogens with one attached hydrogen (secondary N) is 1. The van der Waals surface area contributed by atoms with Crippen LogP contribution in [0.2, 0.25) is 0 Å². The van der Waals surface area contributed by atoms with Gasteiger partial charge in [-0.05, 0) is 55.7 Å². The third-order valence-electron chi connectivity index (χ3n) is 4.50. The Balaban J connectivity index is 1.90. The first-order valence-electron chi connectivity index (χ1n) is 8.39. The van der Waals surface area contributed by atoms with E-state index < -0.39 is 0 Å². The van der Waals surface area contributed by atoms with Crippen LogP contribution in [0.15, 0.2) is 48.5 Å². The van der Waals surface area contributed by atoms with Crippen LogP contribution in [-0.2, 0) is 6.42 Å². The lowest BCUT2D eigenvalue weighted by molar-refractivity contribution is 0.630. The monoisotopic (exact) mass is 332 g/mol. The second-order valence-corrected chi connectivity index (χ2v) is 6.11. The normalized spacial score (nSPS) is 13.4. The zero-order chi connectivity index (χ0) is 17.2. The average Bonchev–Trinajstić information content (AvgIpc) is 2.83. The van der Waals surface area contributed by atoms with Crippen LogP contribution in [-0.4, -0.2) is 16.3 Å². The lowest BCUT2D eigenvalue weighted by atomic mass is 10.0. The smallest absolute Gasteiger partial charge is 0.133 e. The van der Waals surface area contributed by atoms with E-state index in [0.717, 1.165) is 42.9 Å². The van der Waals surface area contributed by atoms with Crippen LogP contribution in [0.4, 0.5) is 10.2 Å². The average molecular weight is 332 g/mol. The van der Waals surface area contributed by atoms with Crippen LogP contribution in [0.1, 0.15) is 24.0 Å². The molecule has 124 valence electrons. The number of hydrogen-bond acceptors (Lipinski definition) is 3. The third-order valence-corrected chi connectivity index (χ3v) is 4.50. The molecule has 4 rings (SSSR count). The number of anilines is 1. The van der Waals surface area contributed by atoms with E-state index in [1.54, 1.807) is 24.3 Å². The van der Waals surface area contributed by atoms with Gasteiger partial charge in [-0.25, -0.2) is 9.07 Å². The highest BCUT2D eigenvalue weighted by Crippen LogP contribution is 2.34. The van der Waals surface area contributed by atoms with E-state index in [4.69, 9.17) is 10.4 Å². The molecule has 0 fully saturated rings. The fourth-order valence-electron chi connectivity index (χ4n) is 3.24. The molecule has 0 spiro atoms. The standard InChI is InChI=1S/C20H17FN4/c21-18-7-2-1-5-16(18)19-17-6-3-4-12-23-20(17)25(24-19)15-10-8-14(13-22)9-11-15/h1-2,5,7-11,23H,3-4,6,12H2. The molecule has 0 amide bonds. The van der Waals surface area contributed by atoms with Crippen LogP contribution in [0.3, 0.4) is 0 Å². The predicted molar refractivity (Wildman–Crippen MR) is 95.1 cm³/mol. The SMILES string of the molecule is N#Cc1ccc(-n2nc(-c3ccccc3F)c3c2NCCCC3)cc1. The number of rotatable bonds is 2. The van der Waals surface area contributed by atoms with E-state index in [1.165, 1.54) is 6.07 Å². The Morgan fingerprint density at radius 2 is 1.88 bits per heavy atom. The van der Waals surface area contributed by atoms with Crippen molar-refractivity contribution in [1.29, 1.82) is 5.26 Å². The van der Waals surface area contributed by atoms with Crippen molar-refractivity contribution in [3.8, 4) is 23.0 Å². The topological polar surface area (TPSA) is 53.6 Å². The molecule has 25 heavy (non-hydrogen) atoms. The molecule has 0 radical (unpaired) electrons. The molecule has 1 aliphatic rings. The molecule has 2 heterocycles. The molecule has 0 aliphatic carbocycles. The molecular weight excluding hydrogens is 315 g/mol. The summed E-state index contributed by atoms with van der Waals surface area (Å²) in [5.74, 6) is 0.652. The fraction of sp³-hybridized carbons (Fsp3) is 0.200. The first-order chi connectivity index (χ1) is 12.3. The lowest BCUT2D eigenvalue weighted by Crippen LogP contribution is -2.07. The first-order valence-corrected chi connectivity index (χ1v) is 8.39. The van der Waals surface area contributed by atoms with Crippen molar-refractivity contribution in [3.63, 3.8) is 0 Å². The van der Waals surface area contributed by atoms with Gasteiger partial charge in [0, 0.05) is 17.7 Å². The summed E-state index contributed by atoms with van der Waals surface area (Å²) < 4.78 is 16.2. The maximum absolute atomic E-state index is 14.4. The minimum Gasteiger partial charge on any atom is -0.370 e. The number of nitriles is 1. The highest BCUT2D eigenvalue weighted by Gasteiger charge is 2.23. The largest absolute Gasteiger partial charge is 0.370 e. The Bertz CT molecular complexity index is 951. The summed E-state index contributed by atoms with van der Waals surface area (Å²) in [6.45, 7) is 0.867. The Hall–Kier alpha value is -3.13. The van der Waals surface area contributed by atoms with Crippen LogP contribution < -0.4 is 5.32 Å². The summed E-state index contributed by atoms with van der Waals surface area (Å²) in [7, 11) is 0. The van der Waals surface area contributed by atoms with Crippen LogP contribution in [0.25, 0.3) is 16.9 Å². The molecule has 5 heteroatoms. The molecule has 0 saturated heterocycles. The van der Waals surface area contributed by atoms with Crippen molar-refractivity contribution in [1.82, 2.24) is 9.78 Å². The van der Waals surface area contributed by atoms with E-state index in [-0.39, 0.29) is 5.82 Å². The number of hydrogen-bond donors (Lipinski definition) is 1. The van der Waals surface area contributed by atoms with Crippen molar-refractivity contribution in [2.75, 3.05) is 11.9 Å². The van der Waals surface area contributed by atoms with Crippen molar-refractivity contribution in [3.05, 3.63) is 65.5 Å². The summed E-state index contributed by atoms with van der Waals surface area (Å²) in [6.07, 6.45) is 2.97. The van der Waals surface area contributed by atoms with Gasteiger partial charge in [-0.1, -0.05) is 12.1 Å². The van der Waals surface area contributed by atoms with Gasteiger partial charge in [0.15, 0.2) is 0 Å². The molecule has 0 bridgehead atoms. The second kappa shape index (κ2) is 6.40. The molecule has 4 nitrogen and oxygen atoms in total. The molecular formula is C20H17FN4. The highest BCUT2D eigenvalue weighted by molar-refractivity contribution is 5.71. The summed E-state index contributed by atoms with van der Waals surface area (Å²) in [5.41, 5.74) is 3.71. The summed E-state index contributed by atoms with van der Waals surface area (Å²) in [6, 6.07) is 16.1. The molecule has 0 saturated carbocycles. The number of nitrogens with zero attached hydrogens (tertiary/aromatic N) is 3. The van der Waals surface area contributed by atoms with Gasteiger partial charge < -0.3 is 5.32 Å².